The summed E-state index contributed by atoms with van der Waals surface area (Å²) in [5.74, 6) is 1.31. The molecule has 0 unspecified atom stereocenters. The van der Waals surface area contributed by atoms with Crippen LogP contribution < -0.4 is 10.2 Å². The second-order valence-electron chi connectivity index (χ2n) is 4.13. The third-order valence-corrected chi connectivity index (χ3v) is 2.62. The fourth-order valence-corrected chi connectivity index (χ4v) is 1.73. The summed E-state index contributed by atoms with van der Waals surface area (Å²) in [5.41, 5.74) is -0.138. The minimum atomic E-state index is -0.496. The van der Waals surface area contributed by atoms with Gasteiger partial charge in [-0.05, 0) is 19.1 Å². The van der Waals surface area contributed by atoms with Crippen LogP contribution in [0, 0.1) is 10.1 Å². The SMILES string of the molecule is CCNc1ncc([N+](=O)[O-])c(N(C)Cc2ccco2)n1. The molecule has 0 amide bonds. The van der Waals surface area contributed by atoms with Gasteiger partial charge in [-0.2, -0.15) is 4.98 Å². The third kappa shape index (κ3) is 3.02. The van der Waals surface area contributed by atoms with E-state index in [1.165, 1.54) is 6.20 Å². The first-order valence-electron chi connectivity index (χ1n) is 6.10. The molecule has 0 saturated carbocycles. The van der Waals surface area contributed by atoms with Crippen LogP contribution in [0.15, 0.2) is 29.0 Å². The molecule has 1 N–H and O–H groups in total. The lowest BCUT2D eigenvalue weighted by Crippen LogP contribution is -2.20. The van der Waals surface area contributed by atoms with E-state index < -0.39 is 4.92 Å². The first-order chi connectivity index (χ1) is 9.61. The van der Waals surface area contributed by atoms with E-state index in [1.807, 2.05) is 6.92 Å². The lowest BCUT2D eigenvalue weighted by molar-refractivity contribution is -0.384. The Morgan fingerprint density at radius 1 is 1.55 bits per heavy atom. The highest BCUT2D eigenvalue weighted by atomic mass is 16.6. The zero-order valence-corrected chi connectivity index (χ0v) is 11.2. The van der Waals surface area contributed by atoms with Crippen molar-refractivity contribution in [1.82, 2.24) is 9.97 Å². The molecule has 0 aliphatic carbocycles. The second kappa shape index (κ2) is 6.00. The van der Waals surface area contributed by atoms with E-state index in [2.05, 4.69) is 15.3 Å². The van der Waals surface area contributed by atoms with E-state index in [0.29, 0.717) is 24.8 Å². The minimum Gasteiger partial charge on any atom is -0.467 e. The maximum absolute atomic E-state index is 11.1. The van der Waals surface area contributed by atoms with Crippen LogP contribution in [0.3, 0.4) is 0 Å². The Hall–Kier alpha value is -2.64. The van der Waals surface area contributed by atoms with Gasteiger partial charge in [0.25, 0.3) is 0 Å². The van der Waals surface area contributed by atoms with Crippen LogP contribution in [0.25, 0.3) is 0 Å². The van der Waals surface area contributed by atoms with Crippen molar-refractivity contribution in [1.29, 1.82) is 0 Å². The molecule has 2 rings (SSSR count). The van der Waals surface area contributed by atoms with E-state index in [1.54, 1.807) is 30.3 Å². The standard InChI is InChI=1S/C12H15N5O3/c1-3-13-12-14-7-10(17(18)19)11(15-12)16(2)8-9-5-4-6-20-9/h4-7H,3,8H2,1-2H3,(H,13,14,15). The van der Waals surface area contributed by atoms with Gasteiger partial charge < -0.3 is 14.6 Å². The molecule has 8 nitrogen and oxygen atoms in total. The fourth-order valence-electron chi connectivity index (χ4n) is 1.73. The van der Waals surface area contributed by atoms with Gasteiger partial charge in [0.15, 0.2) is 0 Å². The summed E-state index contributed by atoms with van der Waals surface area (Å²) in [5, 5.41) is 14.0. The van der Waals surface area contributed by atoms with Gasteiger partial charge in [-0.1, -0.05) is 0 Å². The summed E-state index contributed by atoms with van der Waals surface area (Å²) in [7, 11) is 1.72. The van der Waals surface area contributed by atoms with Crippen LogP contribution in [0.1, 0.15) is 12.7 Å². The van der Waals surface area contributed by atoms with E-state index in [9.17, 15) is 10.1 Å². The highest BCUT2D eigenvalue weighted by molar-refractivity contribution is 5.58. The molecular weight excluding hydrogens is 262 g/mol. The van der Waals surface area contributed by atoms with Crippen molar-refractivity contribution in [2.75, 3.05) is 23.8 Å². The predicted molar refractivity (Wildman–Crippen MR) is 73.7 cm³/mol. The van der Waals surface area contributed by atoms with Crippen molar-refractivity contribution in [2.45, 2.75) is 13.5 Å². The maximum Gasteiger partial charge on any atom is 0.329 e. The lowest BCUT2D eigenvalue weighted by atomic mass is 10.4. The molecule has 20 heavy (non-hydrogen) atoms. The molecular formula is C12H15N5O3. The average Bonchev–Trinajstić information content (AvgIpc) is 2.91. The smallest absolute Gasteiger partial charge is 0.329 e. The molecule has 0 saturated heterocycles. The number of rotatable bonds is 6. The molecule has 0 aliphatic heterocycles. The van der Waals surface area contributed by atoms with Crippen LogP contribution in [0.5, 0.6) is 0 Å². The molecule has 0 fully saturated rings. The van der Waals surface area contributed by atoms with E-state index in [-0.39, 0.29) is 11.5 Å². The molecule has 2 aromatic rings. The Balaban J connectivity index is 2.30. The van der Waals surface area contributed by atoms with Crippen LogP contribution in [-0.4, -0.2) is 28.5 Å². The predicted octanol–water partition coefficient (Wildman–Crippen LogP) is 2.05. The number of nitrogens with one attached hydrogen (secondary N) is 1. The topological polar surface area (TPSA) is 97.3 Å². The van der Waals surface area contributed by atoms with Crippen molar-refractivity contribution in [2.24, 2.45) is 0 Å². The largest absolute Gasteiger partial charge is 0.467 e. The van der Waals surface area contributed by atoms with Gasteiger partial charge in [-0.3, -0.25) is 10.1 Å². The Bertz CT molecular complexity index is 585. The molecule has 0 atom stereocenters. The quantitative estimate of drug-likeness (QED) is 0.637. The van der Waals surface area contributed by atoms with E-state index in [0.717, 1.165) is 0 Å². The van der Waals surface area contributed by atoms with Crippen LogP contribution in [-0.2, 0) is 6.54 Å². The van der Waals surface area contributed by atoms with Crippen molar-refractivity contribution < 1.29 is 9.34 Å². The van der Waals surface area contributed by atoms with E-state index in [4.69, 9.17) is 4.42 Å². The molecule has 2 aromatic heterocycles. The Kier molecular flexibility index (Phi) is 4.14. The zero-order valence-electron chi connectivity index (χ0n) is 11.2. The average molecular weight is 277 g/mol. The number of anilines is 2. The second-order valence-corrected chi connectivity index (χ2v) is 4.13. The van der Waals surface area contributed by atoms with Crippen LogP contribution in [0.2, 0.25) is 0 Å². The van der Waals surface area contributed by atoms with Crippen molar-refractivity contribution in [3.63, 3.8) is 0 Å². The molecule has 0 aliphatic rings. The molecule has 0 spiro atoms. The summed E-state index contributed by atoms with van der Waals surface area (Å²) in [6.07, 6.45) is 2.76. The summed E-state index contributed by atoms with van der Waals surface area (Å²) in [4.78, 5) is 20.3. The summed E-state index contributed by atoms with van der Waals surface area (Å²) >= 11 is 0. The first-order valence-corrected chi connectivity index (χ1v) is 6.10. The van der Waals surface area contributed by atoms with Crippen LogP contribution >= 0.6 is 0 Å². The normalized spacial score (nSPS) is 10.3. The molecule has 8 heteroatoms. The third-order valence-electron chi connectivity index (χ3n) is 2.62. The monoisotopic (exact) mass is 277 g/mol. The Labute approximate surface area is 115 Å². The van der Waals surface area contributed by atoms with Crippen molar-refractivity contribution in [3.8, 4) is 0 Å². The first kappa shape index (κ1) is 13.8. The summed E-state index contributed by atoms with van der Waals surface area (Å²) in [6, 6.07) is 3.57. The fraction of sp³-hybridized carbons (Fsp3) is 0.333. The molecule has 0 bridgehead atoms. The number of furan rings is 1. The summed E-state index contributed by atoms with van der Waals surface area (Å²) in [6.45, 7) is 2.92. The van der Waals surface area contributed by atoms with Gasteiger partial charge >= 0.3 is 5.69 Å². The van der Waals surface area contributed by atoms with Gasteiger partial charge in [0.1, 0.15) is 12.0 Å². The van der Waals surface area contributed by atoms with Gasteiger partial charge in [0.05, 0.1) is 17.7 Å². The number of hydrogen-bond donors (Lipinski definition) is 1. The molecule has 0 aromatic carbocycles. The van der Waals surface area contributed by atoms with E-state index >= 15 is 0 Å². The summed E-state index contributed by atoms with van der Waals surface area (Å²) < 4.78 is 5.23. The van der Waals surface area contributed by atoms with Crippen molar-refractivity contribution in [3.05, 3.63) is 40.5 Å². The van der Waals surface area contributed by atoms with Crippen LogP contribution in [0.4, 0.5) is 17.5 Å². The number of nitro groups is 1. The van der Waals surface area contributed by atoms with Gasteiger partial charge in [0.2, 0.25) is 11.8 Å². The number of hydrogen-bond acceptors (Lipinski definition) is 7. The van der Waals surface area contributed by atoms with Gasteiger partial charge in [0, 0.05) is 13.6 Å². The maximum atomic E-state index is 11.1. The number of nitrogens with zero attached hydrogens (tertiary/aromatic N) is 4. The molecule has 2 heterocycles. The van der Waals surface area contributed by atoms with Crippen molar-refractivity contribution >= 4 is 17.5 Å². The Morgan fingerprint density at radius 3 is 2.95 bits per heavy atom. The molecule has 0 radical (unpaired) electrons. The lowest BCUT2D eigenvalue weighted by Gasteiger charge is -2.17. The Morgan fingerprint density at radius 2 is 2.35 bits per heavy atom. The van der Waals surface area contributed by atoms with Gasteiger partial charge in [-0.25, -0.2) is 4.98 Å². The highest BCUT2D eigenvalue weighted by Gasteiger charge is 2.21. The minimum absolute atomic E-state index is 0.138. The molecule has 106 valence electrons. The van der Waals surface area contributed by atoms with Gasteiger partial charge in [-0.15, -0.1) is 0 Å². The zero-order chi connectivity index (χ0) is 14.5. The number of aromatic nitrogens is 2. The highest BCUT2D eigenvalue weighted by Crippen LogP contribution is 2.26.